The number of benzene rings is 9. The Balaban J connectivity index is 1.45. The van der Waals surface area contributed by atoms with Crippen LogP contribution < -0.4 is 0 Å². The van der Waals surface area contributed by atoms with E-state index in [0.29, 0.717) is 9.13 Å². The van der Waals surface area contributed by atoms with Crippen molar-refractivity contribution >= 4 is 65.4 Å². The Morgan fingerprint density at radius 2 is 0.596 bits per heavy atom. The zero-order valence-electron chi connectivity index (χ0n) is 63.3. The Morgan fingerprint density at radius 3 is 1.09 bits per heavy atom. The van der Waals surface area contributed by atoms with Gasteiger partial charge in [-0.15, -0.1) is 0 Å². The first-order valence-corrected chi connectivity index (χ1v) is 16.8. The minimum atomic E-state index is -1.25. The Kier molecular flexibility index (Phi) is 2.78. The summed E-state index contributed by atoms with van der Waals surface area (Å²) in [6, 6.07) is -37.8. The van der Waals surface area contributed by atoms with E-state index in [2.05, 4.69) is 0 Å². The van der Waals surface area contributed by atoms with Crippen molar-refractivity contribution in [1.29, 1.82) is 0 Å². The zero-order valence-corrected chi connectivity index (χ0v) is 28.3. The van der Waals surface area contributed by atoms with Crippen molar-refractivity contribution in [1.82, 2.24) is 13.7 Å². The van der Waals surface area contributed by atoms with E-state index in [4.69, 9.17) is 21.9 Å². The van der Waals surface area contributed by atoms with Crippen LogP contribution in [-0.2, 0) is 0 Å². The van der Waals surface area contributed by atoms with E-state index in [0.717, 1.165) is 4.57 Å². The predicted octanol–water partition coefficient (Wildman–Crippen LogP) is 14.3. The second-order valence-electron chi connectivity index (χ2n) is 12.3. The van der Waals surface area contributed by atoms with E-state index in [-0.39, 0.29) is 0 Å². The molecule has 0 amide bonds. The van der Waals surface area contributed by atoms with Gasteiger partial charge in [0.15, 0.2) is 0 Å². The lowest BCUT2D eigenvalue weighted by Crippen LogP contribution is -2.01. The molecule has 0 atom stereocenters. The second kappa shape index (κ2) is 12.5. The lowest BCUT2D eigenvalue weighted by atomic mass is 9.95. The maximum atomic E-state index is 9.99. The number of hydrogen-bond acceptors (Lipinski definition) is 0. The highest BCUT2D eigenvalue weighted by atomic mass is 15.0. The standard InChI is InChI=1S/C54H35N3/c1-3-18-36(19-4-1)38-26-15-27-39(37-20-5-2-6-21-37)54(38)57-47-31-14-10-25-43(47)53-50(34-17-35-51(53)57)56-46-30-13-9-24-42(46)52-48(32-16-33-49(52)56)55-44-28-11-7-22-40(44)41-23-8-12-29-45(41)55/h1-35H/i1D,2D,3D,4D,5D,6D,7D,8D,9D,10D,11D,12D,13D,14D,15D,16D,17D,18D,19D,20D,21D,22D,23D,24D,25D,26D,27D,28D,29D,30D,31D,32D,33D,34D,35D. The lowest BCUT2D eigenvalue weighted by Gasteiger charge is -2.19. The third-order valence-corrected chi connectivity index (χ3v) is 9.45. The summed E-state index contributed by atoms with van der Waals surface area (Å²) in [6.07, 6.45) is 0. The summed E-state index contributed by atoms with van der Waals surface area (Å²) in [5.41, 5.74) is -12.1. The molecule has 3 heteroatoms. The largest absolute Gasteiger partial charge is 0.309 e. The molecule has 0 radical (unpaired) electrons. The second-order valence-corrected chi connectivity index (χ2v) is 12.3. The van der Waals surface area contributed by atoms with Crippen LogP contribution >= 0.6 is 0 Å². The van der Waals surface area contributed by atoms with Gasteiger partial charge in [-0.1, -0.05) is 163 Å². The summed E-state index contributed by atoms with van der Waals surface area (Å²) in [5, 5.41) is -4.41. The number of aromatic nitrogens is 3. The maximum Gasteiger partial charge on any atom is 0.0645 e. The van der Waals surface area contributed by atoms with Crippen LogP contribution in [0.25, 0.3) is 105 Å². The molecule has 0 spiro atoms. The normalized spacial score (nSPS) is 20.5. The number of nitrogens with zero attached hydrogens (tertiary/aromatic N) is 3. The van der Waals surface area contributed by atoms with Gasteiger partial charge in [0.2, 0.25) is 0 Å². The van der Waals surface area contributed by atoms with Crippen LogP contribution in [0.4, 0.5) is 0 Å². The highest BCUT2D eigenvalue weighted by Crippen LogP contribution is 2.45. The van der Waals surface area contributed by atoms with E-state index in [9.17, 15) is 26.0 Å². The molecule has 0 saturated heterocycles. The molecular weight excluding hydrogens is 691 g/mol. The number of para-hydroxylation sites is 5. The number of fused-ring (bicyclic) bond motifs is 9. The van der Waals surface area contributed by atoms with Gasteiger partial charge in [0.05, 0.1) is 98.1 Å². The Bertz CT molecular complexity index is 5350. The Morgan fingerprint density at radius 1 is 0.263 bits per heavy atom. The Labute approximate surface area is 378 Å². The lowest BCUT2D eigenvalue weighted by molar-refractivity contribution is 1.17. The molecule has 0 aliphatic rings. The van der Waals surface area contributed by atoms with E-state index < -0.39 is 316 Å². The van der Waals surface area contributed by atoms with E-state index >= 15 is 0 Å². The summed E-state index contributed by atoms with van der Waals surface area (Å²) < 4.78 is 325. The van der Waals surface area contributed by atoms with Crippen molar-refractivity contribution in [3.8, 4) is 39.3 Å². The van der Waals surface area contributed by atoms with Crippen molar-refractivity contribution < 1.29 is 48.0 Å². The van der Waals surface area contributed by atoms with Crippen LogP contribution in [0.1, 0.15) is 48.0 Å². The first-order chi connectivity index (χ1) is 42.9. The molecule has 0 saturated carbocycles. The summed E-state index contributed by atoms with van der Waals surface area (Å²) in [6.45, 7) is 0. The van der Waals surface area contributed by atoms with Crippen molar-refractivity contribution in [2.45, 2.75) is 0 Å². The van der Waals surface area contributed by atoms with Gasteiger partial charge in [0, 0.05) is 43.4 Å². The average Bonchev–Trinajstić information content (AvgIpc) is 1.49. The Hall–Kier alpha value is -7.62. The fraction of sp³-hybridized carbons (Fsp3) is 0. The highest BCUT2D eigenvalue weighted by molar-refractivity contribution is 6.19. The molecule has 3 nitrogen and oxygen atoms in total. The van der Waals surface area contributed by atoms with E-state index in [1.807, 2.05) is 0 Å². The molecule has 0 fully saturated rings. The molecule has 266 valence electrons. The average molecular weight is 761 g/mol. The fourth-order valence-corrected chi connectivity index (χ4v) is 7.28. The van der Waals surface area contributed by atoms with Gasteiger partial charge < -0.3 is 13.7 Å². The van der Waals surface area contributed by atoms with Gasteiger partial charge in [-0.2, -0.15) is 0 Å². The van der Waals surface area contributed by atoms with Gasteiger partial charge in [0.25, 0.3) is 0 Å². The summed E-state index contributed by atoms with van der Waals surface area (Å²) >= 11 is 0. The van der Waals surface area contributed by atoms with Crippen molar-refractivity contribution in [2.75, 3.05) is 0 Å². The quantitative estimate of drug-likeness (QED) is 0.166. The molecule has 0 N–H and O–H groups in total. The van der Waals surface area contributed by atoms with E-state index in [1.54, 1.807) is 0 Å². The van der Waals surface area contributed by atoms with Crippen molar-refractivity contribution in [2.24, 2.45) is 0 Å². The molecule has 0 aliphatic heterocycles. The van der Waals surface area contributed by atoms with Gasteiger partial charge in [0.1, 0.15) is 0 Å². The molecule has 9 aromatic carbocycles. The molecule has 3 heterocycles. The van der Waals surface area contributed by atoms with Crippen LogP contribution in [-0.4, -0.2) is 13.7 Å². The van der Waals surface area contributed by atoms with Gasteiger partial charge in [-0.05, 0) is 59.5 Å². The molecule has 0 bridgehead atoms. The topological polar surface area (TPSA) is 14.8 Å². The van der Waals surface area contributed by atoms with Crippen LogP contribution in [0.2, 0.25) is 0 Å². The maximum absolute atomic E-state index is 9.99. The summed E-state index contributed by atoms with van der Waals surface area (Å²) in [7, 11) is 0. The first-order valence-electron chi connectivity index (χ1n) is 34.3. The third-order valence-electron chi connectivity index (χ3n) is 9.45. The molecule has 12 aromatic rings. The zero-order chi connectivity index (χ0) is 67.9. The molecule has 12 rings (SSSR count). The third kappa shape index (κ3) is 4.60. The van der Waals surface area contributed by atoms with Gasteiger partial charge in [-0.25, -0.2) is 0 Å². The smallest absolute Gasteiger partial charge is 0.0645 e. The summed E-state index contributed by atoms with van der Waals surface area (Å²) in [4.78, 5) is 0. The van der Waals surface area contributed by atoms with Crippen LogP contribution in [0.3, 0.4) is 0 Å². The molecule has 0 aliphatic carbocycles. The first kappa shape index (κ1) is 12.7. The van der Waals surface area contributed by atoms with Crippen LogP contribution in [0, 0.1) is 0 Å². The highest BCUT2D eigenvalue weighted by Gasteiger charge is 2.24. The number of hydrogen-bond donors (Lipinski definition) is 0. The molecular formula is C54H35N3. The van der Waals surface area contributed by atoms with E-state index in [1.165, 1.54) is 0 Å². The van der Waals surface area contributed by atoms with Gasteiger partial charge in [-0.3, -0.25) is 0 Å². The monoisotopic (exact) mass is 761 g/mol. The number of rotatable bonds is 5. The van der Waals surface area contributed by atoms with Crippen LogP contribution in [0.15, 0.2) is 211 Å². The minimum absolute atomic E-state index is 0.573. The molecule has 57 heavy (non-hydrogen) atoms. The summed E-state index contributed by atoms with van der Waals surface area (Å²) in [5.74, 6) is 0. The molecule has 0 unspecified atom stereocenters. The van der Waals surface area contributed by atoms with Crippen molar-refractivity contribution in [3.63, 3.8) is 0 Å². The van der Waals surface area contributed by atoms with Gasteiger partial charge >= 0.3 is 0 Å². The van der Waals surface area contributed by atoms with Crippen molar-refractivity contribution in [3.05, 3.63) is 211 Å². The SMILES string of the molecule is [2H]c1c([2H])c([2H])c(-c2c([2H])c([2H])c([2H])c(-c3c([2H])c([2H])c([2H])c([2H])c3[2H])c2-n2c3c([2H])c([2H])c([2H])c([2H])c3c3c(-n4c5c([2H])c([2H])c([2H])c([2H])c5c5c(-n6c7c([2H])c([2H])c([2H])c([2H])c7c7c([2H])c([2H])c([2H])c([2H])c76)c([2H])c([2H])c([2H])c54)c([2H])c([2H])c([2H])c32)c([2H])c1[2H]. The minimum Gasteiger partial charge on any atom is -0.309 e. The van der Waals surface area contributed by atoms with Crippen LogP contribution in [0.5, 0.6) is 0 Å². The predicted molar refractivity (Wildman–Crippen MR) is 240 cm³/mol. The molecule has 3 aromatic heterocycles. The fourth-order valence-electron chi connectivity index (χ4n) is 7.28.